The van der Waals surface area contributed by atoms with Crippen LogP contribution in [0.5, 0.6) is 0 Å². The Morgan fingerprint density at radius 1 is 1.17 bits per heavy atom. The Kier molecular flexibility index (Phi) is 8.12. The van der Waals surface area contributed by atoms with Crippen LogP contribution in [0.1, 0.15) is 32.3 Å². The zero-order chi connectivity index (χ0) is 22.1. The largest absolute Gasteiger partial charge is 0.478 e. The predicted molar refractivity (Wildman–Crippen MR) is 112 cm³/mol. The van der Waals surface area contributed by atoms with Crippen LogP contribution in [0.15, 0.2) is 66.8 Å². The van der Waals surface area contributed by atoms with Gasteiger partial charge in [0.25, 0.3) is 0 Å². The maximum Gasteiger partial charge on any atom is 0.329 e. The smallest absolute Gasteiger partial charge is 0.329 e. The van der Waals surface area contributed by atoms with Crippen LogP contribution < -0.4 is 5.32 Å². The topological polar surface area (TPSA) is 105 Å². The first-order valence-corrected chi connectivity index (χ1v) is 9.64. The van der Waals surface area contributed by atoms with Crippen molar-refractivity contribution in [1.82, 2.24) is 5.32 Å². The van der Waals surface area contributed by atoms with Crippen LogP contribution in [0.2, 0.25) is 0 Å². The summed E-state index contributed by atoms with van der Waals surface area (Å²) in [6.07, 6.45) is 8.26. The number of carboxylic acid groups (broad SMARTS) is 1. The number of epoxide rings is 1. The minimum Gasteiger partial charge on any atom is -0.478 e. The summed E-state index contributed by atoms with van der Waals surface area (Å²) in [7, 11) is 0. The van der Waals surface area contributed by atoms with Gasteiger partial charge in [0.05, 0.1) is 6.61 Å². The highest BCUT2D eigenvalue weighted by molar-refractivity contribution is 5.84. The van der Waals surface area contributed by atoms with Crippen LogP contribution in [-0.4, -0.2) is 47.3 Å². The number of rotatable bonds is 10. The van der Waals surface area contributed by atoms with Gasteiger partial charge < -0.3 is 19.9 Å². The fourth-order valence-electron chi connectivity index (χ4n) is 2.83. The maximum absolute atomic E-state index is 13.0. The van der Waals surface area contributed by atoms with Crippen LogP contribution in [0.3, 0.4) is 0 Å². The summed E-state index contributed by atoms with van der Waals surface area (Å²) in [6, 6.07) is 8.57. The standard InChI is InChI=1S/C23H27NO6/c1-16(18-11-7-6-8-12-18)21(24-17(2)25)22(28)30-19(23(3)15-29-23)13-9-4-5-10-14-20(26)27/h4-14,16,19,21H,15H2,1-3H3,(H,24,25)(H,26,27)/b5-4+,13-9+,14-10+/t16-,19-,21-,23-/m0/s1. The zero-order valence-corrected chi connectivity index (χ0v) is 17.3. The van der Waals surface area contributed by atoms with E-state index in [9.17, 15) is 14.4 Å². The summed E-state index contributed by atoms with van der Waals surface area (Å²) in [4.78, 5) is 35.1. The Balaban J connectivity index is 2.13. The molecule has 4 atom stereocenters. The lowest BCUT2D eigenvalue weighted by molar-refractivity contribution is -0.154. The Labute approximate surface area is 176 Å². The van der Waals surface area contributed by atoms with Crippen molar-refractivity contribution in [3.63, 3.8) is 0 Å². The third-order valence-corrected chi connectivity index (χ3v) is 4.74. The average Bonchev–Trinajstić information content (AvgIpc) is 3.46. The number of amides is 1. The van der Waals surface area contributed by atoms with Gasteiger partial charge in [-0.1, -0.05) is 61.6 Å². The number of carbonyl (C=O) groups is 3. The second-order valence-electron chi connectivity index (χ2n) is 7.30. The lowest BCUT2D eigenvalue weighted by Gasteiger charge is -2.26. The molecule has 2 rings (SSSR count). The number of hydrogen-bond acceptors (Lipinski definition) is 5. The highest BCUT2D eigenvalue weighted by Crippen LogP contribution is 2.33. The number of benzene rings is 1. The first-order valence-electron chi connectivity index (χ1n) is 9.64. The molecule has 0 bridgehead atoms. The van der Waals surface area contributed by atoms with Gasteiger partial charge in [-0.15, -0.1) is 0 Å². The molecule has 0 aromatic heterocycles. The number of ether oxygens (including phenoxy) is 2. The molecule has 7 heteroatoms. The van der Waals surface area contributed by atoms with Gasteiger partial charge in [0, 0.05) is 18.9 Å². The molecule has 1 amide bonds. The molecule has 2 N–H and O–H groups in total. The number of aliphatic carboxylic acids is 1. The third kappa shape index (κ3) is 7.00. The van der Waals surface area contributed by atoms with Crippen LogP contribution in [-0.2, 0) is 23.9 Å². The van der Waals surface area contributed by atoms with Crippen molar-refractivity contribution in [3.05, 3.63) is 72.4 Å². The second-order valence-corrected chi connectivity index (χ2v) is 7.30. The van der Waals surface area contributed by atoms with Gasteiger partial charge in [0.15, 0.2) is 6.10 Å². The number of nitrogens with one attached hydrogen (secondary N) is 1. The van der Waals surface area contributed by atoms with Crippen molar-refractivity contribution < 1.29 is 29.0 Å². The quantitative estimate of drug-likeness (QED) is 0.264. The summed E-state index contributed by atoms with van der Waals surface area (Å²) in [5, 5.41) is 11.3. The number of hydrogen-bond donors (Lipinski definition) is 2. The Morgan fingerprint density at radius 3 is 2.37 bits per heavy atom. The summed E-state index contributed by atoms with van der Waals surface area (Å²) in [6.45, 7) is 5.49. The van der Waals surface area contributed by atoms with E-state index in [1.54, 1.807) is 24.3 Å². The van der Waals surface area contributed by atoms with Crippen LogP contribution >= 0.6 is 0 Å². The summed E-state index contributed by atoms with van der Waals surface area (Å²) in [5.41, 5.74) is 0.274. The highest BCUT2D eigenvalue weighted by atomic mass is 16.6. The monoisotopic (exact) mass is 413 g/mol. The van der Waals surface area contributed by atoms with Gasteiger partial charge in [-0.05, 0) is 18.6 Å². The zero-order valence-electron chi connectivity index (χ0n) is 17.3. The molecule has 0 saturated carbocycles. The van der Waals surface area contributed by atoms with Gasteiger partial charge >= 0.3 is 11.9 Å². The SMILES string of the molecule is CC(=O)N[C@H](C(=O)O[C@@H](/C=C/C=C/C=C/C(=O)O)[C@]1(C)CO1)[C@@H](C)c1ccccc1. The van der Waals surface area contributed by atoms with E-state index in [0.717, 1.165) is 11.6 Å². The van der Waals surface area contributed by atoms with Crippen molar-refractivity contribution in [1.29, 1.82) is 0 Å². The van der Waals surface area contributed by atoms with Crippen molar-refractivity contribution in [3.8, 4) is 0 Å². The van der Waals surface area contributed by atoms with Gasteiger partial charge in [0.1, 0.15) is 11.6 Å². The molecule has 160 valence electrons. The van der Waals surface area contributed by atoms with Crippen LogP contribution in [0.25, 0.3) is 0 Å². The van der Waals surface area contributed by atoms with Gasteiger partial charge in [-0.2, -0.15) is 0 Å². The molecule has 7 nitrogen and oxygen atoms in total. The summed E-state index contributed by atoms with van der Waals surface area (Å²) < 4.78 is 11.2. The number of carboxylic acids is 1. The molecule has 0 spiro atoms. The molecule has 1 fully saturated rings. The van der Waals surface area contributed by atoms with E-state index in [1.165, 1.54) is 13.0 Å². The summed E-state index contributed by atoms with van der Waals surface area (Å²) >= 11 is 0. The van der Waals surface area contributed by atoms with Crippen molar-refractivity contribution in [2.24, 2.45) is 0 Å². The molecule has 1 aliphatic rings. The maximum atomic E-state index is 13.0. The number of esters is 1. The lowest BCUT2D eigenvalue weighted by atomic mass is 9.93. The van der Waals surface area contributed by atoms with Gasteiger partial charge in [-0.25, -0.2) is 9.59 Å². The minimum atomic E-state index is -1.04. The molecule has 0 radical (unpaired) electrons. The van der Waals surface area contributed by atoms with Crippen LogP contribution in [0.4, 0.5) is 0 Å². The molecule has 1 aromatic rings. The Hall–Kier alpha value is -3.19. The minimum absolute atomic E-state index is 0.291. The predicted octanol–water partition coefficient (Wildman–Crippen LogP) is 2.75. The highest BCUT2D eigenvalue weighted by Gasteiger charge is 2.49. The molecular formula is C23H27NO6. The summed E-state index contributed by atoms with van der Waals surface area (Å²) in [5.74, 6) is -2.20. The Bertz CT molecular complexity index is 839. The second kappa shape index (κ2) is 10.5. The molecule has 1 heterocycles. The molecule has 1 saturated heterocycles. The van der Waals surface area contributed by atoms with E-state index in [-0.39, 0.29) is 11.8 Å². The molecule has 1 aromatic carbocycles. The average molecular weight is 413 g/mol. The molecule has 0 unspecified atom stereocenters. The fraction of sp³-hybridized carbons (Fsp3) is 0.348. The Morgan fingerprint density at radius 2 is 1.80 bits per heavy atom. The fourth-order valence-corrected chi connectivity index (χ4v) is 2.83. The number of carbonyl (C=O) groups excluding carboxylic acids is 2. The van der Waals surface area contributed by atoms with Gasteiger partial charge in [0.2, 0.25) is 5.91 Å². The molecule has 30 heavy (non-hydrogen) atoms. The third-order valence-electron chi connectivity index (χ3n) is 4.74. The van der Waals surface area contributed by atoms with E-state index in [4.69, 9.17) is 14.6 Å². The normalized spacial score (nSPS) is 21.4. The molecule has 1 aliphatic heterocycles. The molecule has 0 aliphatic carbocycles. The van der Waals surface area contributed by atoms with E-state index in [0.29, 0.717) is 6.61 Å². The lowest BCUT2D eigenvalue weighted by Crippen LogP contribution is -2.46. The van der Waals surface area contributed by atoms with Crippen molar-refractivity contribution in [2.75, 3.05) is 6.61 Å². The van der Waals surface area contributed by atoms with E-state index >= 15 is 0 Å². The van der Waals surface area contributed by atoms with Crippen LogP contribution in [0, 0.1) is 0 Å². The van der Waals surface area contributed by atoms with E-state index < -0.39 is 29.7 Å². The van der Waals surface area contributed by atoms with Gasteiger partial charge in [-0.3, -0.25) is 4.79 Å². The first-order chi connectivity index (χ1) is 14.2. The molecular weight excluding hydrogens is 386 g/mol. The van der Waals surface area contributed by atoms with Crippen molar-refractivity contribution >= 4 is 17.8 Å². The van der Waals surface area contributed by atoms with E-state index in [2.05, 4.69) is 5.32 Å². The van der Waals surface area contributed by atoms with E-state index in [1.807, 2.05) is 44.2 Å². The number of allylic oxidation sites excluding steroid dienone is 4. The van der Waals surface area contributed by atoms with Crippen molar-refractivity contribution in [2.45, 2.75) is 44.4 Å². The first kappa shape index (κ1) is 23.1.